The van der Waals surface area contributed by atoms with Crippen LogP contribution < -0.4 is 10.6 Å². The van der Waals surface area contributed by atoms with Crippen molar-refractivity contribution in [1.29, 1.82) is 0 Å². The summed E-state index contributed by atoms with van der Waals surface area (Å²) in [5, 5.41) is 7.25. The van der Waals surface area contributed by atoms with Crippen molar-refractivity contribution in [2.75, 3.05) is 13.1 Å². The number of hydrogen-bond acceptors (Lipinski definition) is 2. The predicted molar refractivity (Wildman–Crippen MR) is 65.1 cm³/mol. The van der Waals surface area contributed by atoms with Crippen LogP contribution in [0.15, 0.2) is 0 Å². The summed E-state index contributed by atoms with van der Waals surface area (Å²) in [5.74, 6) is 0. The molecule has 0 spiro atoms. The molecule has 2 fully saturated rings. The highest BCUT2D eigenvalue weighted by atomic mass is 15.0. The molecule has 2 aliphatic carbocycles. The average Bonchev–Trinajstić information content (AvgIpc) is 2.91. The lowest BCUT2D eigenvalue weighted by molar-refractivity contribution is 0.364. The van der Waals surface area contributed by atoms with Gasteiger partial charge in [-0.3, -0.25) is 0 Å². The van der Waals surface area contributed by atoms with Crippen LogP contribution in [0.3, 0.4) is 0 Å². The van der Waals surface area contributed by atoms with Gasteiger partial charge in [-0.2, -0.15) is 0 Å². The van der Waals surface area contributed by atoms with Crippen LogP contribution in [-0.4, -0.2) is 25.2 Å². The Morgan fingerprint density at radius 1 is 1.00 bits per heavy atom. The van der Waals surface area contributed by atoms with Gasteiger partial charge >= 0.3 is 0 Å². The zero-order valence-corrected chi connectivity index (χ0v) is 10.3. The lowest BCUT2D eigenvalue weighted by atomic mass is 9.92. The summed E-state index contributed by atoms with van der Waals surface area (Å²) in [5.41, 5.74) is 0.587. The van der Waals surface area contributed by atoms with Gasteiger partial charge in [0.25, 0.3) is 0 Å². The van der Waals surface area contributed by atoms with E-state index in [2.05, 4.69) is 24.5 Å². The van der Waals surface area contributed by atoms with E-state index in [0.29, 0.717) is 5.41 Å². The smallest absolute Gasteiger partial charge is 0.00723 e. The second-order valence-corrected chi connectivity index (χ2v) is 6.14. The second kappa shape index (κ2) is 4.84. The molecule has 0 aromatic rings. The molecule has 0 amide bonds. The first kappa shape index (κ1) is 11.4. The van der Waals surface area contributed by atoms with E-state index in [1.54, 1.807) is 0 Å². The molecule has 0 heterocycles. The first-order valence-corrected chi connectivity index (χ1v) is 6.62. The molecule has 2 rings (SSSR count). The molecule has 15 heavy (non-hydrogen) atoms. The molecule has 1 atom stereocenters. The highest BCUT2D eigenvalue weighted by Crippen LogP contribution is 2.36. The van der Waals surface area contributed by atoms with Crippen LogP contribution in [0, 0.1) is 5.41 Å². The number of hydrogen-bond donors (Lipinski definition) is 2. The van der Waals surface area contributed by atoms with E-state index in [1.165, 1.54) is 51.6 Å². The van der Waals surface area contributed by atoms with Crippen molar-refractivity contribution in [3.05, 3.63) is 0 Å². The summed E-state index contributed by atoms with van der Waals surface area (Å²) >= 11 is 0. The monoisotopic (exact) mass is 210 g/mol. The van der Waals surface area contributed by atoms with Gasteiger partial charge in [-0.15, -0.1) is 0 Å². The fraction of sp³-hybridized carbons (Fsp3) is 1.00. The Hall–Kier alpha value is -0.0800. The van der Waals surface area contributed by atoms with Crippen LogP contribution in [0.5, 0.6) is 0 Å². The largest absolute Gasteiger partial charge is 0.314 e. The van der Waals surface area contributed by atoms with Crippen molar-refractivity contribution in [1.82, 2.24) is 10.6 Å². The first-order chi connectivity index (χ1) is 7.16. The maximum atomic E-state index is 3.69. The van der Waals surface area contributed by atoms with Gasteiger partial charge in [0.15, 0.2) is 0 Å². The van der Waals surface area contributed by atoms with Gasteiger partial charge < -0.3 is 10.6 Å². The van der Waals surface area contributed by atoms with Crippen molar-refractivity contribution in [3.8, 4) is 0 Å². The highest BCUT2D eigenvalue weighted by molar-refractivity contribution is 4.86. The Morgan fingerprint density at radius 3 is 2.20 bits per heavy atom. The maximum Gasteiger partial charge on any atom is 0.00723 e. The summed E-state index contributed by atoms with van der Waals surface area (Å²) in [6.45, 7) is 7.18. The van der Waals surface area contributed by atoms with Crippen LogP contribution in [0.4, 0.5) is 0 Å². The third-order valence-corrected chi connectivity index (χ3v) is 3.77. The normalized spacial score (nSPS) is 29.6. The Labute approximate surface area is 94.2 Å². The molecule has 0 bridgehead atoms. The Balaban J connectivity index is 1.47. The molecule has 0 aromatic heterocycles. The fourth-order valence-corrected chi connectivity index (χ4v) is 2.60. The van der Waals surface area contributed by atoms with E-state index < -0.39 is 0 Å². The molecule has 2 aliphatic rings. The third kappa shape index (κ3) is 4.12. The molecule has 0 aromatic carbocycles. The molecule has 0 aliphatic heterocycles. The van der Waals surface area contributed by atoms with Crippen LogP contribution in [0.2, 0.25) is 0 Å². The Bertz CT molecular complexity index is 197. The van der Waals surface area contributed by atoms with E-state index in [1.807, 2.05) is 0 Å². The average molecular weight is 210 g/mol. The van der Waals surface area contributed by atoms with Crippen LogP contribution in [-0.2, 0) is 0 Å². The molecule has 0 radical (unpaired) electrons. The Morgan fingerprint density at radius 2 is 1.67 bits per heavy atom. The molecule has 2 saturated carbocycles. The molecule has 2 nitrogen and oxygen atoms in total. The third-order valence-electron chi connectivity index (χ3n) is 3.77. The standard InChI is InChI=1S/C13H26N2/c1-13(2)7-6-12(10-13)15-9-3-8-14-11-4-5-11/h11-12,14-15H,3-10H2,1-2H3. The van der Waals surface area contributed by atoms with Gasteiger partial charge in [-0.1, -0.05) is 13.8 Å². The lowest BCUT2D eigenvalue weighted by Gasteiger charge is -2.17. The number of rotatable bonds is 6. The molecule has 88 valence electrons. The van der Waals surface area contributed by atoms with E-state index in [0.717, 1.165) is 12.1 Å². The van der Waals surface area contributed by atoms with Gasteiger partial charge in [0.05, 0.1) is 0 Å². The molecule has 2 N–H and O–H groups in total. The van der Waals surface area contributed by atoms with Crippen molar-refractivity contribution < 1.29 is 0 Å². The van der Waals surface area contributed by atoms with Gasteiger partial charge in [0, 0.05) is 12.1 Å². The minimum absolute atomic E-state index is 0.587. The summed E-state index contributed by atoms with van der Waals surface area (Å²) in [4.78, 5) is 0. The minimum atomic E-state index is 0.587. The minimum Gasteiger partial charge on any atom is -0.314 e. The molecule has 2 heteroatoms. The van der Waals surface area contributed by atoms with Gasteiger partial charge in [-0.25, -0.2) is 0 Å². The summed E-state index contributed by atoms with van der Waals surface area (Å²) in [7, 11) is 0. The van der Waals surface area contributed by atoms with Crippen LogP contribution in [0.25, 0.3) is 0 Å². The second-order valence-electron chi connectivity index (χ2n) is 6.14. The van der Waals surface area contributed by atoms with Gasteiger partial charge in [0.1, 0.15) is 0 Å². The maximum absolute atomic E-state index is 3.69. The number of nitrogens with one attached hydrogen (secondary N) is 2. The van der Waals surface area contributed by atoms with Gasteiger partial charge in [0.2, 0.25) is 0 Å². The summed E-state index contributed by atoms with van der Waals surface area (Å²) in [6, 6.07) is 1.66. The molecular weight excluding hydrogens is 184 g/mol. The van der Waals surface area contributed by atoms with E-state index in [4.69, 9.17) is 0 Å². The van der Waals surface area contributed by atoms with Crippen molar-refractivity contribution in [2.24, 2.45) is 5.41 Å². The zero-order valence-electron chi connectivity index (χ0n) is 10.3. The first-order valence-electron chi connectivity index (χ1n) is 6.62. The van der Waals surface area contributed by atoms with Crippen LogP contribution in [0.1, 0.15) is 52.4 Å². The summed E-state index contributed by atoms with van der Waals surface area (Å²) in [6.07, 6.45) is 8.24. The lowest BCUT2D eigenvalue weighted by Crippen LogP contribution is -2.30. The predicted octanol–water partition coefficient (Wildman–Crippen LogP) is 2.30. The van der Waals surface area contributed by atoms with Crippen molar-refractivity contribution >= 4 is 0 Å². The zero-order chi connectivity index (χ0) is 10.7. The van der Waals surface area contributed by atoms with E-state index in [-0.39, 0.29) is 0 Å². The fourth-order valence-electron chi connectivity index (χ4n) is 2.60. The van der Waals surface area contributed by atoms with Crippen LogP contribution >= 0.6 is 0 Å². The quantitative estimate of drug-likeness (QED) is 0.657. The van der Waals surface area contributed by atoms with Crippen molar-refractivity contribution in [2.45, 2.75) is 64.5 Å². The SMILES string of the molecule is CC1(C)CCC(NCCCNC2CC2)C1. The molecular formula is C13H26N2. The van der Waals surface area contributed by atoms with Crippen molar-refractivity contribution in [3.63, 3.8) is 0 Å². The molecule has 0 saturated heterocycles. The van der Waals surface area contributed by atoms with Gasteiger partial charge in [-0.05, 0) is 57.0 Å². The molecule has 1 unspecified atom stereocenters. The Kier molecular flexibility index (Phi) is 3.68. The van der Waals surface area contributed by atoms with E-state index >= 15 is 0 Å². The topological polar surface area (TPSA) is 24.1 Å². The summed E-state index contributed by atoms with van der Waals surface area (Å²) < 4.78 is 0. The van der Waals surface area contributed by atoms with E-state index in [9.17, 15) is 0 Å². The highest BCUT2D eigenvalue weighted by Gasteiger charge is 2.30.